The number of amides is 1. The van der Waals surface area contributed by atoms with Crippen molar-refractivity contribution in [3.8, 4) is 11.5 Å². The van der Waals surface area contributed by atoms with Crippen LogP contribution in [0.4, 0.5) is 5.69 Å². The third-order valence-corrected chi connectivity index (χ3v) is 4.61. The van der Waals surface area contributed by atoms with Crippen molar-refractivity contribution in [2.75, 3.05) is 19.5 Å². The van der Waals surface area contributed by atoms with Crippen LogP contribution in [0.15, 0.2) is 54.9 Å². The van der Waals surface area contributed by atoms with Crippen molar-refractivity contribution >= 4 is 11.6 Å². The largest absolute Gasteiger partial charge is 0.497 e. The number of hydrogen-bond acceptors (Lipinski definition) is 5. The van der Waals surface area contributed by atoms with Crippen LogP contribution in [0.5, 0.6) is 11.5 Å². The minimum atomic E-state index is -0.158. The summed E-state index contributed by atoms with van der Waals surface area (Å²) in [5.41, 5.74) is 2.86. The number of aromatic nitrogens is 2. The van der Waals surface area contributed by atoms with Crippen LogP contribution in [0.1, 0.15) is 29.9 Å². The van der Waals surface area contributed by atoms with Gasteiger partial charge in [-0.1, -0.05) is 12.1 Å². The van der Waals surface area contributed by atoms with Crippen molar-refractivity contribution in [2.24, 2.45) is 7.05 Å². The number of methoxy groups -OCH3 is 2. The maximum absolute atomic E-state index is 11.2. The van der Waals surface area contributed by atoms with Crippen molar-refractivity contribution in [2.45, 2.75) is 19.5 Å². The highest BCUT2D eigenvalue weighted by atomic mass is 16.5. The monoisotopic (exact) mass is 394 g/mol. The smallest absolute Gasteiger partial charge is 0.221 e. The average Bonchev–Trinajstić information content (AvgIpc) is 3.14. The van der Waals surface area contributed by atoms with Crippen LogP contribution in [0, 0.1) is 0 Å². The van der Waals surface area contributed by atoms with Gasteiger partial charge in [0, 0.05) is 44.7 Å². The van der Waals surface area contributed by atoms with Crippen LogP contribution >= 0.6 is 0 Å². The molecule has 7 heteroatoms. The maximum atomic E-state index is 11.2. The SMILES string of the molecule is COc1cc(OC)cc(C(NCc2ccc(NC(C)=O)cc2)c2nccn2C)c1. The summed E-state index contributed by atoms with van der Waals surface area (Å²) in [5.74, 6) is 2.24. The number of nitrogens with zero attached hydrogens (tertiary/aromatic N) is 2. The Morgan fingerprint density at radius 2 is 1.76 bits per heavy atom. The molecule has 1 aromatic heterocycles. The highest BCUT2D eigenvalue weighted by Gasteiger charge is 2.20. The summed E-state index contributed by atoms with van der Waals surface area (Å²) in [7, 11) is 5.24. The Labute approximate surface area is 170 Å². The fraction of sp³-hybridized carbons (Fsp3) is 0.273. The van der Waals surface area contributed by atoms with Gasteiger partial charge in [-0.15, -0.1) is 0 Å². The second-order valence-corrected chi connectivity index (χ2v) is 6.73. The number of ether oxygens (including phenoxy) is 2. The molecule has 0 bridgehead atoms. The minimum Gasteiger partial charge on any atom is -0.497 e. The zero-order chi connectivity index (χ0) is 20.8. The van der Waals surface area contributed by atoms with E-state index in [1.807, 2.05) is 60.3 Å². The number of aryl methyl sites for hydroxylation is 1. The normalized spacial score (nSPS) is 11.7. The van der Waals surface area contributed by atoms with Gasteiger partial charge in [-0.25, -0.2) is 4.98 Å². The van der Waals surface area contributed by atoms with E-state index in [0.717, 1.165) is 34.1 Å². The lowest BCUT2D eigenvalue weighted by Gasteiger charge is -2.21. The lowest BCUT2D eigenvalue weighted by Crippen LogP contribution is -2.25. The van der Waals surface area contributed by atoms with Crippen molar-refractivity contribution in [3.63, 3.8) is 0 Å². The molecule has 0 fully saturated rings. The highest BCUT2D eigenvalue weighted by Crippen LogP contribution is 2.29. The van der Waals surface area contributed by atoms with Crippen LogP contribution in [-0.2, 0) is 18.4 Å². The van der Waals surface area contributed by atoms with Crippen molar-refractivity contribution in [1.29, 1.82) is 0 Å². The summed E-state index contributed by atoms with van der Waals surface area (Å²) in [4.78, 5) is 15.7. The van der Waals surface area contributed by atoms with Gasteiger partial charge < -0.3 is 19.4 Å². The van der Waals surface area contributed by atoms with Crippen LogP contribution in [0.3, 0.4) is 0 Å². The van der Waals surface area contributed by atoms with Crippen LogP contribution in [-0.4, -0.2) is 29.7 Å². The summed E-state index contributed by atoms with van der Waals surface area (Å²) in [5, 5.41) is 6.35. The Bertz CT molecular complexity index is 944. The van der Waals surface area contributed by atoms with E-state index in [1.165, 1.54) is 6.92 Å². The first-order valence-corrected chi connectivity index (χ1v) is 9.30. The van der Waals surface area contributed by atoms with E-state index in [9.17, 15) is 4.79 Å². The first-order chi connectivity index (χ1) is 14.0. The zero-order valence-electron chi connectivity index (χ0n) is 17.1. The number of anilines is 1. The van der Waals surface area contributed by atoms with Crippen LogP contribution < -0.4 is 20.1 Å². The highest BCUT2D eigenvalue weighted by molar-refractivity contribution is 5.88. The van der Waals surface area contributed by atoms with Gasteiger partial charge in [-0.05, 0) is 35.4 Å². The molecule has 0 spiro atoms. The zero-order valence-corrected chi connectivity index (χ0v) is 17.1. The van der Waals surface area contributed by atoms with Crippen LogP contribution in [0.25, 0.3) is 0 Å². The maximum Gasteiger partial charge on any atom is 0.221 e. The fourth-order valence-corrected chi connectivity index (χ4v) is 3.14. The lowest BCUT2D eigenvalue weighted by atomic mass is 10.0. The molecule has 7 nitrogen and oxygen atoms in total. The summed E-state index contributed by atoms with van der Waals surface area (Å²) >= 11 is 0. The van der Waals surface area contributed by atoms with E-state index in [4.69, 9.17) is 9.47 Å². The third kappa shape index (κ3) is 5.14. The molecule has 0 radical (unpaired) electrons. The number of carbonyl (C=O) groups is 1. The van der Waals surface area contributed by atoms with Gasteiger partial charge in [-0.2, -0.15) is 0 Å². The second kappa shape index (κ2) is 9.25. The average molecular weight is 394 g/mol. The molecular weight excluding hydrogens is 368 g/mol. The van der Waals surface area contributed by atoms with E-state index >= 15 is 0 Å². The summed E-state index contributed by atoms with van der Waals surface area (Å²) in [6.45, 7) is 2.12. The summed E-state index contributed by atoms with van der Waals surface area (Å²) in [6, 6.07) is 13.4. The number of benzene rings is 2. The van der Waals surface area contributed by atoms with E-state index in [1.54, 1.807) is 20.4 Å². The summed E-state index contributed by atoms with van der Waals surface area (Å²) < 4.78 is 12.9. The molecule has 2 aromatic carbocycles. The molecule has 0 aliphatic carbocycles. The quantitative estimate of drug-likeness (QED) is 0.613. The topological polar surface area (TPSA) is 77.4 Å². The molecule has 152 valence electrons. The van der Waals surface area contributed by atoms with Gasteiger partial charge >= 0.3 is 0 Å². The van der Waals surface area contributed by atoms with E-state index in [0.29, 0.717) is 6.54 Å². The lowest BCUT2D eigenvalue weighted by molar-refractivity contribution is -0.114. The number of rotatable bonds is 8. The Morgan fingerprint density at radius 1 is 1.10 bits per heavy atom. The standard InChI is InChI=1S/C22H26N4O3/c1-15(27)25-18-7-5-16(6-8-18)14-24-21(22-23-9-10-26(22)2)17-11-19(28-3)13-20(12-17)29-4/h5-13,21,24H,14H2,1-4H3,(H,25,27). The number of hydrogen-bond donors (Lipinski definition) is 2. The van der Waals surface area contributed by atoms with Crippen molar-refractivity contribution in [3.05, 3.63) is 71.8 Å². The van der Waals surface area contributed by atoms with Gasteiger partial charge in [0.15, 0.2) is 0 Å². The molecule has 0 aliphatic heterocycles. The molecule has 29 heavy (non-hydrogen) atoms. The molecular formula is C22H26N4O3. The minimum absolute atomic E-state index is 0.0855. The first kappa shape index (κ1) is 20.4. The molecule has 3 rings (SSSR count). The molecule has 1 heterocycles. The molecule has 1 unspecified atom stereocenters. The molecule has 1 amide bonds. The Kier molecular flexibility index (Phi) is 6.51. The summed E-state index contributed by atoms with van der Waals surface area (Å²) in [6.07, 6.45) is 3.70. The van der Waals surface area contributed by atoms with Crippen molar-refractivity contribution < 1.29 is 14.3 Å². The Hall–Kier alpha value is -3.32. The van der Waals surface area contributed by atoms with Gasteiger partial charge in [0.1, 0.15) is 17.3 Å². The number of nitrogens with one attached hydrogen (secondary N) is 2. The van der Waals surface area contributed by atoms with Gasteiger partial charge in [0.25, 0.3) is 0 Å². The second-order valence-electron chi connectivity index (χ2n) is 6.73. The Morgan fingerprint density at radius 3 is 2.28 bits per heavy atom. The molecule has 2 N–H and O–H groups in total. The van der Waals surface area contributed by atoms with Gasteiger partial charge in [-0.3, -0.25) is 10.1 Å². The number of imidazole rings is 1. The fourth-order valence-electron chi connectivity index (χ4n) is 3.14. The van der Waals surface area contributed by atoms with Crippen LogP contribution in [0.2, 0.25) is 0 Å². The predicted molar refractivity (Wildman–Crippen MR) is 112 cm³/mol. The molecule has 3 aromatic rings. The van der Waals surface area contributed by atoms with Crippen molar-refractivity contribution in [1.82, 2.24) is 14.9 Å². The third-order valence-electron chi connectivity index (χ3n) is 4.61. The Balaban J connectivity index is 1.86. The first-order valence-electron chi connectivity index (χ1n) is 9.30. The van der Waals surface area contributed by atoms with Gasteiger partial charge in [0.2, 0.25) is 5.91 Å². The predicted octanol–water partition coefficient (Wildman–Crippen LogP) is 3.27. The van der Waals surface area contributed by atoms with E-state index in [-0.39, 0.29) is 11.9 Å². The molecule has 0 aliphatic rings. The number of carbonyl (C=O) groups excluding carboxylic acids is 1. The molecule has 1 atom stereocenters. The van der Waals surface area contributed by atoms with E-state index < -0.39 is 0 Å². The van der Waals surface area contributed by atoms with Gasteiger partial charge in [0.05, 0.1) is 20.3 Å². The van der Waals surface area contributed by atoms with E-state index in [2.05, 4.69) is 15.6 Å². The molecule has 0 saturated carbocycles. The molecule has 0 saturated heterocycles.